The fourth-order valence-corrected chi connectivity index (χ4v) is 4.35. The summed E-state index contributed by atoms with van der Waals surface area (Å²) < 4.78 is 4.57. The Morgan fingerprint density at radius 3 is 2.19 bits per heavy atom. The Hall–Kier alpha value is -2.29. The molecule has 0 aromatic heterocycles. The zero-order valence-electron chi connectivity index (χ0n) is 19.2. The predicted molar refractivity (Wildman–Crippen MR) is 129 cm³/mol. The van der Waals surface area contributed by atoms with Crippen LogP contribution in [0.2, 0.25) is 0 Å². The Morgan fingerprint density at radius 2 is 1.45 bits per heavy atom. The fraction of sp³-hybridized carbons (Fsp3) is 0.536. The Balaban J connectivity index is 1.89. The van der Waals surface area contributed by atoms with Crippen molar-refractivity contribution < 1.29 is 14.6 Å². The largest absolute Gasteiger partial charge is 0.505 e. The highest BCUT2D eigenvalue weighted by Gasteiger charge is 2.17. The Kier molecular flexibility index (Phi) is 12.5. The fourth-order valence-electron chi connectivity index (χ4n) is 4.35. The number of benzene rings is 2. The number of aryl methyl sites for hydroxylation is 1. The van der Waals surface area contributed by atoms with Crippen LogP contribution in [0, 0.1) is 0 Å². The monoisotopic (exact) mass is 424 g/mol. The number of carbonyl (C=O) groups is 1. The van der Waals surface area contributed by atoms with Gasteiger partial charge in [-0.2, -0.15) is 0 Å². The van der Waals surface area contributed by atoms with Crippen LogP contribution >= 0.6 is 0 Å². The van der Waals surface area contributed by atoms with Crippen molar-refractivity contribution in [2.24, 2.45) is 0 Å². The average molecular weight is 425 g/mol. The molecule has 0 aliphatic heterocycles. The van der Waals surface area contributed by atoms with Gasteiger partial charge in [0.05, 0.1) is 6.61 Å². The number of hydrogen-bond acceptors (Lipinski definition) is 2. The van der Waals surface area contributed by atoms with Gasteiger partial charge in [-0.05, 0) is 42.4 Å². The van der Waals surface area contributed by atoms with Gasteiger partial charge in [0.25, 0.3) is 0 Å². The molecule has 0 amide bonds. The quantitative estimate of drug-likeness (QED) is 0.217. The molecule has 1 atom stereocenters. The van der Waals surface area contributed by atoms with Crippen LogP contribution in [-0.2, 0) is 11.2 Å². The summed E-state index contributed by atoms with van der Waals surface area (Å²) in [7, 11) is 0. The van der Waals surface area contributed by atoms with Crippen molar-refractivity contribution in [1.82, 2.24) is 0 Å². The second kappa shape index (κ2) is 15.5. The Labute approximate surface area is 188 Å². The Bertz CT molecular complexity index is 726. The van der Waals surface area contributed by atoms with Crippen molar-refractivity contribution >= 4 is 6.16 Å². The standard InChI is InChI=1S/C28H40O3/c1-2-3-4-10-17-25-20-14-15-22-27(25)26(24-18-11-9-12-19-24)21-13-7-5-6-8-16-23-31-28(29)30/h9,11-12,14-15,18-20,22,26H,2-8,10,13,16-17,21,23H2,1H3,(H,29,30). The lowest BCUT2D eigenvalue weighted by Crippen LogP contribution is -2.05. The number of ether oxygens (including phenoxy) is 1. The summed E-state index contributed by atoms with van der Waals surface area (Å²) in [5.41, 5.74) is 4.45. The maximum Gasteiger partial charge on any atom is 0.505 e. The summed E-state index contributed by atoms with van der Waals surface area (Å²) in [6, 6.07) is 20.0. The summed E-state index contributed by atoms with van der Waals surface area (Å²) in [6.45, 7) is 2.59. The van der Waals surface area contributed by atoms with Crippen LogP contribution in [0.1, 0.15) is 100 Å². The van der Waals surface area contributed by atoms with Crippen LogP contribution in [0.25, 0.3) is 0 Å². The summed E-state index contributed by atoms with van der Waals surface area (Å²) in [5, 5.41) is 8.50. The first kappa shape index (κ1) is 25.0. The van der Waals surface area contributed by atoms with E-state index in [-0.39, 0.29) is 0 Å². The van der Waals surface area contributed by atoms with Gasteiger partial charge in [-0.1, -0.05) is 113 Å². The third-order valence-corrected chi connectivity index (χ3v) is 6.04. The molecule has 0 heterocycles. The minimum atomic E-state index is -1.17. The van der Waals surface area contributed by atoms with E-state index < -0.39 is 6.16 Å². The molecule has 0 saturated carbocycles. The molecule has 1 N–H and O–H groups in total. The predicted octanol–water partition coefficient (Wildman–Crippen LogP) is 8.37. The summed E-state index contributed by atoms with van der Waals surface area (Å²) in [4.78, 5) is 10.4. The van der Waals surface area contributed by atoms with Crippen LogP contribution in [0.3, 0.4) is 0 Å². The van der Waals surface area contributed by atoms with Gasteiger partial charge < -0.3 is 9.84 Å². The van der Waals surface area contributed by atoms with Crippen molar-refractivity contribution in [3.8, 4) is 0 Å². The molecule has 170 valence electrons. The molecule has 0 spiro atoms. The molecular formula is C28H40O3. The number of rotatable bonds is 16. The highest BCUT2D eigenvalue weighted by atomic mass is 16.7. The van der Waals surface area contributed by atoms with Gasteiger partial charge in [-0.3, -0.25) is 0 Å². The average Bonchev–Trinajstić information content (AvgIpc) is 2.79. The number of hydrogen-bond donors (Lipinski definition) is 1. The summed E-state index contributed by atoms with van der Waals surface area (Å²) >= 11 is 0. The van der Waals surface area contributed by atoms with Crippen LogP contribution < -0.4 is 0 Å². The minimum Gasteiger partial charge on any atom is -0.450 e. The van der Waals surface area contributed by atoms with E-state index in [1.54, 1.807) is 0 Å². The van der Waals surface area contributed by atoms with E-state index in [0.717, 1.165) is 19.3 Å². The van der Waals surface area contributed by atoms with Crippen LogP contribution in [-0.4, -0.2) is 17.9 Å². The van der Waals surface area contributed by atoms with Crippen LogP contribution in [0.5, 0.6) is 0 Å². The van der Waals surface area contributed by atoms with E-state index in [1.165, 1.54) is 74.5 Å². The lowest BCUT2D eigenvalue weighted by Gasteiger charge is -2.21. The molecule has 3 heteroatoms. The molecule has 0 bridgehead atoms. The maximum absolute atomic E-state index is 10.4. The van der Waals surface area contributed by atoms with Crippen molar-refractivity contribution in [2.45, 2.75) is 89.9 Å². The SMILES string of the molecule is CCCCCCc1ccccc1C(CCCCCCCCOC(=O)O)c1ccccc1. The van der Waals surface area contributed by atoms with E-state index in [4.69, 9.17) is 5.11 Å². The molecule has 0 radical (unpaired) electrons. The lowest BCUT2D eigenvalue weighted by atomic mass is 9.83. The third-order valence-electron chi connectivity index (χ3n) is 6.04. The van der Waals surface area contributed by atoms with Gasteiger partial charge in [0, 0.05) is 5.92 Å². The zero-order valence-corrected chi connectivity index (χ0v) is 19.2. The molecule has 31 heavy (non-hydrogen) atoms. The van der Waals surface area contributed by atoms with Gasteiger partial charge in [0.1, 0.15) is 0 Å². The van der Waals surface area contributed by atoms with Gasteiger partial charge >= 0.3 is 6.16 Å². The van der Waals surface area contributed by atoms with E-state index in [1.807, 2.05) is 0 Å². The molecule has 2 rings (SSSR count). The highest BCUT2D eigenvalue weighted by molar-refractivity contribution is 5.56. The van der Waals surface area contributed by atoms with Crippen molar-refractivity contribution in [1.29, 1.82) is 0 Å². The van der Waals surface area contributed by atoms with Crippen molar-refractivity contribution in [3.05, 3.63) is 71.3 Å². The van der Waals surface area contributed by atoms with Gasteiger partial charge in [0.15, 0.2) is 0 Å². The molecule has 0 aliphatic rings. The molecule has 0 saturated heterocycles. The van der Waals surface area contributed by atoms with E-state index in [9.17, 15) is 4.79 Å². The Morgan fingerprint density at radius 1 is 0.806 bits per heavy atom. The molecule has 0 aliphatic carbocycles. The zero-order chi connectivity index (χ0) is 22.2. The summed E-state index contributed by atoms with van der Waals surface area (Å²) in [5.74, 6) is 0.465. The van der Waals surface area contributed by atoms with Gasteiger partial charge in [0.2, 0.25) is 0 Å². The molecular weight excluding hydrogens is 384 g/mol. The number of carboxylic acid groups (broad SMARTS) is 1. The van der Waals surface area contributed by atoms with Gasteiger partial charge in [-0.25, -0.2) is 4.79 Å². The highest BCUT2D eigenvalue weighted by Crippen LogP contribution is 2.33. The molecule has 0 fully saturated rings. The van der Waals surface area contributed by atoms with Crippen LogP contribution in [0.15, 0.2) is 54.6 Å². The van der Waals surface area contributed by atoms with Gasteiger partial charge in [-0.15, -0.1) is 0 Å². The normalized spacial score (nSPS) is 11.9. The van der Waals surface area contributed by atoms with Crippen LogP contribution in [0.4, 0.5) is 4.79 Å². The second-order valence-electron chi connectivity index (χ2n) is 8.50. The molecule has 1 unspecified atom stereocenters. The molecule has 2 aromatic rings. The van der Waals surface area contributed by atoms with E-state index >= 15 is 0 Å². The molecule has 3 nitrogen and oxygen atoms in total. The lowest BCUT2D eigenvalue weighted by molar-refractivity contribution is 0.0899. The van der Waals surface area contributed by atoms with Crippen molar-refractivity contribution in [3.63, 3.8) is 0 Å². The summed E-state index contributed by atoms with van der Waals surface area (Å²) in [6.07, 6.45) is 13.0. The minimum absolute atomic E-state index is 0.320. The van der Waals surface area contributed by atoms with Crippen molar-refractivity contribution in [2.75, 3.05) is 6.61 Å². The first-order valence-corrected chi connectivity index (χ1v) is 12.2. The third kappa shape index (κ3) is 10.0. The first-order chi connectivity index (χ1) is 15.2. The van der Waals surface area contributed by atoms with E-state index in [0.29, 0.717) is 12.5 Å². The maximum atomic E-state index is 10.4. The van der Waals surface area contributed by atoms with E-state index in [2.05, 4.69) is 66.3 Å². The topological polar surface area (TPSA) is 46.5 Å². The second-order valence-corrected chi connectivity index (χ2v) is 8.50. The smallest absolute Gasteiger partial charge is 0.450 e. The first-order valence-electron chi connectivity index (χ1n) is 12.2. The number of unbranched alkanes of at least 4 members (excludes halogenated alkanes) is 8. The molecule has 2 aromatic carbocycles.